The molecule has 0 spiro atoms. The van der Waals surface area contributed by atoms with Crippen LogP contribution in [0.5, 0.6) is 0 Å². The highest BCUT2D eigenvalue weighted by Gasteiger charge is 2.32. The van der Waals surface area contributed by atoms with E-state index in [1.54, 1.807) is 0 Å². The normalized spacial score (nSPS) is 23.3. The van der Waals surface area contributed by atoms with Crippen LogP contribution < -0.4 is 0 Å². The lowest BCUT2D eigenvalue weighted by Gasteiger charge is -2.15. The number of carbonyl (C=O) groups excluding carboxylic acids is 1. The molecule has 1 aliphatic heterocycles. The molecule has 2 rings (SSSR count). The Morgan fingerprint density at radius 2 is 1.83 bits per heavy atom. The second kappa shape index (κ2) is 5.95. The van der Waals surface area contributed by atoms with Crippen molar-refractivity contribution in [2.24, 2.45) is 0 Å². The number of ether oxygens (including phenoxy) is 1. The molecule has 0 unspecified atom stereocenters. The Bertz CT molecular complexity index is 385. The number of amides is 1. The fourth-order valence-corrected chi connectivity index (χ4v) is 1.89. The Kier molecular flexibility index (Phi) is 4.30. The Morgan fingerprint density at radius 1 is 1.22 bits per heavy atom. The van der Waals surface area contributed by atoms with Crippen LogP contribution in [0.25, 0.3) is 0 Å². The summed E-state index contributed by atoms with van der Waals surface area (Å²) in [7, 11) is 0. The van der Waals surface area contributed by atoms with Crippen molar-refractivity contribution in [2.75, 3.05) is 19.7 Å². The number of β-amino-alcohol motifs (C(OH)–C–C–N with tert-alkyl or cyclic N) is 2. The van der Waals surface area contributed by atoms with E-state index in [4.69, 9.17) is 4.74 Å². The lowest BCUT2D eigenvalue weighted by molar-refractivity contribution is -0.136. The average molecular weight is 251 g/mol. The lowest BCUT2D eigenvalue weighted by Crippen LogP contribution is -2.33. The first kappa shape index (κ1) is 13.0. The minimum atomic E-state index is -0.844. The summed E-state index contributed by atoms with van der Waals surface area (Å²) < 4.78 is 5.31. The topological polar surface area (TPSA) is 70.0 Å². The maximum Gasteiger partial charge on any atom is 0.248 e. The second-order valence-corrected chi connectivity index (χ2v) is 4.41. The zero-order valence-corrected chi connectivity index (χ0v) is 10.0. The monoisotopic (exact) mass is 251 g/mol. The molecule has 5 heteroatoms. The van der Waals surface area contributed by atoms with E-state index in [-0.39, 0.29) is 25.6 Å². The van der Waals surface area contributed by atoms with Gasteiger partial charge in [-0.25, -0.2) is 0 Å². The summed E-state index contributed by atoms with van der Waals surface area (Å²) in [5, 5.41) is 18.7. The summed E-state index contributed by atoms with van der Waals surface area (Å²) in [6.07, 6.45) is -1.69. The Hall–Kier alpha value is -1.43. The van der Waals surface area contributed by atoms with E-state index < -0.39 is 12.2 Å². The number of aliphatic hydroxyl groups excluding tert-OH is 2. The molecule has 18 heavy (non-hydrogen) atoms. The van der Waals surface area contributed by atoms with Gasteiger partial charge in [0.2, 0.25) is 5.91 Å². The molecule has 1 aromatic carbocycles. The van der Waals surface area contributed by atoms with Gasteiger partial charge in [-0.05, 0) is 5.56 Å². The van der Waals surface area contributed by atoms with E-state index in [1.807, 2.05) is 30.3 Å². The van der Waals surface area contributed by atoms with Crippen molar-refractivity contribution in [1.29, 1.82) is 0 Å². The predicted octanol–water partition coefficient (Wildman–Crippen LogP) is -0.233. The summed E-state index contributed by atoms with van der Waals surface area (Å²) >= 11 is 0. The number of carbonyl (C=O) groups is 1. The molecule has 1 aliphatic rings. The van der Waals surface area contributed by atoms with Gasteiger partial charge in [0.15, 0.2) is 0 Å². The molecule has 5 nitrogen and oxygen atoms in total. The Balaban J connectivity index is 1.73. The maximum absolute atomic E-state index is 11.7. The second-order valence-electron chi connectivity index (χ2n) is 4.41. The van der Waals surface area contributed by atoms with Gasteiger partial charge in [-0.3, -0.25) is 4.79 Å². The van der Waals surface area contributed by atoms with Gasteiger partial charge in [0.25, 0.3) is 0 Å². The number of benzene rings is 1. The first-order valence-electron chi connectivity index (χ1n) is 5.92. The van der Waals surface area contributed by atoms with E-state index in [9.17, 15) is 15.0 Å². The SMILES string of the molecule is O=C(COCc1ccccc1)N1C[C@@H](O)[C@@H](O)C1. The summed E-state index contributed by atoms with van der Waals surface area (Å²) in [5.74, 6) is -0.207. The number of aliphatic hydroxyl groups is 2. The van der Waals surface area contributed by atoms with Crippen molar-refractivity contribution in [1.82, 2.24) is 4.90 Å². The summed E-state index contributed by atoms with van der Waals surface area (Å²) in [4.78, 5) is 13.1. The van der Waals surface area contributed by atoms with E-state index in [1.165, 1.54) is 4.90 Å². The van der Waals surface area contributed by atoms with E-state index >= 15 is 0 Å². The van der Waals surface area contributed by atoms with Crippen LogP contribution >= 0.6 is 0 Å². The predicted molar refractivity (Wildman–Crippen MR) is 64.7 cm³/mol. The van der Waals surface area contributed by atoms with Crippen molar-refractivity contribution in [3.8, 4) is 0 Å². The van der Waals surface area contributed by atoms with Crippen LogP contribution in [0.4, 0.5) is 0 Å². The van der Waals surface area contributed by atoms with E-state index in [0.29, 0.717) is 6.61 Å². The molecule has 2 N–H and O–H groups in total. The molecule has 1 saturated heterocycles. The first-order valence-corrected chi connectivity index (χ1v) is 5.92. The summed E-state index contributed by atoms with van der Waals surface area (Å²) in [5.41, 5.74) is 1.01. The number of hydrogen-bond acceptors (Lipinski definition) is 4. The molecule has 0 bridgehead atoms. The molecule has 1 aromatic rings. The van der Waals surface area contributed by atoms with Crippen LogP contribution in [0.1, 0.15) is 5.56 Å². The van der Waals surface area contributed by atoms with Crippen LogP contribution in [0.2, 0.25) is 0 Å². The van der Waals surface area contributed by atoms with Gasteiger partial charge in [0.1, 0.15) is 6.61 Å². The lowest BCUT2D eigenvalue weighted by atomic mass is 10.2. The van der Waals surface area contributed by atoms with Crippen LogP contribution in [-0.2, 0) is 16.1 Å². The van der Waals surface area contributed by atoms with E-state index in [0.717, 1.165) is 5.56 Å². The summed E-state index contributed by atoms with van der Waals surface area (Å²) in [6.45, 7) is 0.698. The number of likely N-dealkylation sites (tertiary alicyclic amines) is 1. The molecule has 0 saturated carbocycles. The third kappa shape index (κ3) is 3.29. The molecule has 2 atom stereocenters. The average Bonchev–Trinajstić information content (AvgIpc) is 2.71. The fraction of sp³-hybridized carbons (Fsp3) is 0.462. The Morgan fingerprint density at radius 3 is 2.44 bits per heavy atom. The van der Waals surface area contributed by atoms with Gasteiger partial charge in [-0.1, -0.05) is 30.3 Å². The van der Waals surface area contributed by atoms with Crippen molar-refractivity contribution in [3.05, 3.63) is 35.9 Å². The highest BCUT2D eigenvalue weighted by Crippen LogP contribution is 2.10. The molecular weight excluding hydrogens is 234 g/mol. The molecule has 0 radical (unpaired) electrons. The van der Waals surface area contributed by atoms with Crippen LogP contribution in [0.3, 0.4) is 0 Å². The van der Waals surface area contributed by atoms with Gasteiger partial charge < -0.3 is 19.8 Å². The number of nitrogens with zero attached hydrogens (tertiary/aromatic N) is 1. The highest BCUT2D eigenvalue weighted by molar-refractivity contribution is 5.77. The number of rotatable bonds is 4. The van der Waals surface area contributed by atoms with Gasteiger partial charge in [-0.2, -0.15) is 0 Å². The van der Waals surface area contributed by atoms with Crippen LogP contribution in [0, 0.1) is 0 Å². The van der Waals surface area contributed by atoms with Gasteiger partial charge in [0, 0.05) is 13.1 Å². The highest BCUT2D eigenvalue weighted by atomic mass is 16.5. The molecule has 1 amide bonds. The van der Waals surface area contributed by atoms with Crippen LogP contribution in [0.15, 0.2) is 30.3 Å². The van der Waals surface area contributed by atoms with E-state index in [2.05, 4.69) is 0 Å². The van der Waals surface area contributed by atoms with Crippen molar-refractivity contribution in [3.63, 3.8) is 0 Å². The standard InChI is InChI=1S/C13H17NO4/c15-11-6-14(7-12(11)16)13(17)9-18-8-10-4-2-1-3-5-10/h1-5,11-12,15-16H,6-9H2/t11-,12+. The molecular formula is C13H17NO4. The van der Waals surface area contributed by atoms with Gasteiger partial charge in [-0.15, -0.1) is 0 Å². The smallest absolute Gasteiger partial charge is 0.248 e. The third-order valence-corrected chi connectivity index (χ3v) is 2.95. The maximum atomic E-state index is 11.7. The third-order valence-electron chi connectivity index (χ3n) is 2.95. The summed E-state index contributed by atoms with van der Waals surface area (Å²) in [6, 6.07) is 9.59. The zero-order valence-electron chi connectivity index (χ0n) is 10.0. The molecule has 0 aliphatic carbocycles. The molecule has 98 valence electrons. The van der Waals surface area contributed by atoms with Gasteiger partial charge in [0.05, 0.1) is 18.8 Å². The van der Waals surface area contributed by atoms with Crippen molar-refractivity contribution in [2.45, 2.75) is 18.8 Å². The molecule has 1 fully saturated rings. The molecule has 1 heterocycles. The van der Waals surface area contributed by atoms with Crippen molar-refractivity contribution < 1.29 is 19.7 Å². The minimum absolute atomic E-state index is 0.0334. The minimum Gasteiger partial charge on any atom is -0.388 e. The quantitative estimate of drug-likeness (QED) is 0.775. The van der Waals surface area contributed by atoms with Crippen molar-refractivity contribution >= 4 is 5.91 Å². The Labute approximate surface area is 106 Å². The molecule has 0 aromatic heterocycles. The number of hydrogen-bond donors (Lipinski definition) is 2. The fourth-order valence-electron chi connectivity index (χ4n) is 1.89. The zero-order chi connectivity index (χ0) is 13.0. The van der Waals surface area contributed by atoms with Crippen LogP contribution in [-0.4, -0.2) is 52.9 Å². The largest absolute Gasteiger partial charge is 0.388 e. The van der Waals surface area contributed by atoms with Gasteiger partial charge >= 0.3 is 0 Å². The first-order chi connectivity index (χ1) is 8.66.